The molecule has 2 amide bonds. The monoisotopic (exact) mass is 407 g/mol. The molecule has 5 unspecified atom stereocenters. The number of nitrogens with one attached hydrogen (secondary N) is 2. The lowest BCUT2D eigenvalue weighted by molar-refractivity contribution is -0.133. The Morgan fingerprint density at radius 2 is 2.03 bits per heavy atom. The van der Waals surface area contributed by atoms with Gasteiger partial charge in [0.25, 0.3) is 5.91 Å². The molecular formula is C25H33N3O2. The van der Waals surface area contributed by atoms with Crippen LogP contribution in [0.15, 0.2) is 47.1 Å². The van der Waals surface area contributed by atoms with E-state index in [1.54, 1.807) is 5.57 Å². The molecule has 3 aliphatic rings. The summed E-state index contributed by atoms with van der Waals surface area (Å²) in [7, 11) is 0. The van der Waals surface area contributed by atoms with Crippen molar-refractivity contribution >= 4 is 18.0 Å². The Morgan fingerprint density at radius 1 is 1.27 bits per heavy atom. The van der Waals surface area contributed by atoms with Crippen LogP contribution in [0.1, 0.15) is 57.9 Å². The van der Waals surface area contributed by atoms with Crippen LogP contribution in [0.5, 0.6) is 0 Å². The van der Waals surface area contributed by atoms with Gasteiger partial charge in [-0.15, -0.1) is 0 Å². The predicted molar refractivity (Wildman–Crippen MR) is 119 cm³/mol. The van der Waals surface area contributed by atoms with E-state index < -0.39 is 5.92 Å². The normalized spacial score (nSPS) is 33.0. The summed E-state index contributed by atoms with van der Waals surface area (Å²) >= 11 is 0. The van der Waals surface area contributed by atoms with Gasteiger partial charge in [0.15, 0.2) is 0 Å². The molecule has 2 aliphatic carbocycles. The number of nitrogens with zero attached hydrogens (tertiary/aromatic N) is 1. The molecule has 1 heterocycles. The highest BCUT2D eigenvalue weighted by Crippen LogP contribution is 2.50. The number of hydrazone groups is 1. The van der Waals surface area contributed by atoms with Crippen molar-refractivity contribution in [2.75, 3.05) is 6.54 Å². The largest absolute Gasteiger partial charge is 0.355 e. The average molecular weight is 408 g/mol. The van der Waals surface area contributed by atoms with Crippen LogP contribution >= 0.6 is 0 Å². The molecule has 160 valence electrons. The van der Waals surface area contributed by atoms with Gasteiger partial charge in [-0.2, -0.15) is 5.10 Å². The van der Waals surface area contributed by atoms with E-state index in [1.807, 2.05) is 36.5 Å². The molecule has 0 radical (unpaired) electrons. The summed E-state index contributed by atoms with van der Waals surface area (Å²) in [6, 6.07) is 9.74. The van der Waals surface area contributed by atoms with Crippen molar-refractivity contribution in [1.82, 2.24) is 10.7 Å². The molecule has 30 heavy (non-hydrogen) atoms. The van der Waals surface area contributed by atoms with Gasteiger partial charge >= 0.3 is 0 Å². The number of rotatable bonds is 4. The summed E-state index contributed by atoms with van der Waals surface area (Å²) in [4.78, 5) is 25.1. The van der Waals surface area contributed by atoms with Crippen LogP contribution in [0.3, 0.4) is 0 Å². The van der Waals surface area contributed by atoms with Crippen molar-refractivity contribution in [2.45, 2.75) is 52.4 Å². The number of hydrogen-bond acceptors (Lipinski definition) is 3. The number of hydrogen-bond donors (Lipinski definition) is 2. The van der Waals surface area contributed by atoms with Gasteiger partial charge < -0.3 is 5.32 Å². The van der Waals surface area contributed by atoms with Crippen LogP contribution < -0.4 is 10.7 Å². The highest BCUT2D eigenvalue weighted by atomic mass is 16.2. The summed E-state index contributed by atoms with van der Waals surface area (Å²) in [5.74, 6) is 0.00979. The van der Waals surface area contributed by atoms with Crippen molar-refractivity contribution < 1.29 is 9.59 Å². The fraction of sp³-hybridized carbons (Fsp3) is 0.560. The Labute approximate surface area is 179 Å². The molecule has 5 atom stereocenters. The van der Waals surface area contributed by atoms with Crippen LogP contribution in [0.2, 0.25) is 0 Å². The summed E-state index contributed by atoms with van der Waals surface area (Å²) in [5.41, 5.74) is 5.61. The number of carbonyl (C=O) groups excluding carboxylic acids is 2. The first kappa shape index (κ1) is 20.8. The molecule has 1 aromatic carbocycles. The Hall–Kier alpha value is -2.43. The molecule has 1 saturated carbocycles. The standard InChI is InChI=1S/C25H33N3O2/c1-16-12-18-10-7-11-25(2,3)21(18)13-19(16)14-27-28-24(30)22-20(15-26-23(22)29)17-8-5-4-6-9-17/h4-6,8-10,14,16,19-22H,7,11-13,15H2,1-3H3,(H,26,29)(H,28,30). The first-order valence-corrected chi connectivity index (χ1v) is 11.2. The van der Waals surface area contributed by atoms with Gasteiger partial charge in [-0.3, -0.25) is 9.59 Å². The van der Waals surface area contributed by atoms with E-state index in [0.717, 1.165) is 18.4 Å². The SMILES string of the molecule is CC1CC2=CCCC(C)(C)C2CC1C=NNC(=O)C1C(=O)NCC1c1ccccc1. The molecule has 1 saturated heterocycles. The van der Waals surface area contributed by atoms with Gasteiger partial charge in [0, 0.05) is 18.7 Å². The molecule has 5 nitrogen and oxygen atoms in total. The smallest absolute Gasteiger partial charge is 0.253 e. The lowest BCUT2D eigenvalue weighted by Gasteiger charge is -2.46. The van der Waals surface area contributed by atoms with Gasteiger partial charge in [-0.25, -0.2) is 5.43 Å². The fourth-order valence-electron chi connectivity index (χ4n) is 5.58. The number of allylic oxidation sites excluding steroid dienone is 2. The second-order valence-electron chi connectivity index (χ2n) is 9.93. The van der Waals surface area contributed by atoms with Crippen LogP contribution in [-0.4, -0.2) is 24.6 Å². The molecule has 0 aromatic heterocycles. The van der Waals surface area contributed by atoms with Crippen LogP contribution in [0.4, 0.5) is 0 Å². The number of fused-ring (bicyclic) bond motifs is 1. The lowest BCUT2D eigenvalue weighted by atomic mass is 9.59. The quantitative estimate of drug-likeness (QED) is 0.342. The maximum Gasteiger partial charge on any atom is 0.253 e. The molecule has 0 spiro atoms. The first-order valence-electron chi connectivity index (χ1n) is 11.2. The van der Waals surface area contributed by atoms with E-state index in [1.165, 1.54) is 12.8 Å². The minimum absolute atomic E-state index is 0.154. The zero-order valence-corrected chi connectivity index (χ0v) is 18.2. The van der Waals surface area contributed by atoms with Crippen LogP contribution in [-0.2, 0) is 9.59 Å². The molecule has 0 bridgehead atoms. The molecule has 1 aromatic rings. The Kier molecular flexibility index (Phi) is 5.81. The Morgan fingerprint density at radius 3 is 2.80 bits per heavy atom. The zero-order chi connectivity index (χ0) is 21.3. The molecule has 4 rings (SSSR count). The highest BCUT2D eigenvalue weighted by molar-refractivity contribution is 6.03. The van der Waals surface area contributed by atoms with Gasteiger partial charge in [0.05, 0.1) is 0 Å². The van der Waals surface area contributed by atoms with Crippen molar-refractivity contribution in [2.24, 2.45) is 34.2 Å². The minimum atomic E-state index is -0.736. The van der Waals surface area contributed by atoms with Crippen molar-refractivity contribution in [3.63, 3.8) is 0 Å². The van der Waals surface area contributed by atoms with E-state index >= 15 is 0 Å². The summed E-state index contributed by atoms with van der Waals surface area (Å²) < 4.78 is 0. The average Bonchev–Trinajstić information content (AvgIpc) is 3.10. The maximum absolute atomic E-state index is 12.8. The topological polar surface area (TPSA) is 70.6 Å². The third-order valence-corrected chi connectivity index (χ3v) is 7.51. The van der Waals surface area contributed by atoms with E-state index in [-0.39, 0.29) is 17.7 Å². The maximum atomic E-state index is 12.8. The second kappa shape index (κ2) is 8.37. The van der Waals surface area contributed by atoms with Crippen LogP contribution in [0.25, 0.3) is 0 Å². The lowest BCUT2D eigenvalue weighted by Crippen LogP contribution is -2.38. The molecular weight excluding hydrogens is 374 g/mol. The molecule has 1 aliphatic heterocycles. The minimum Gasteiger partial charge on any atom is -0.355 e. The first-order chi connectivity index (χ1) is 14.4. The third-order valence-electron chi connectivity index (χ3n) is 7.51. The van der Waals surface area contributed by atoms with E-state index in [0.29, 0.717) is 29.7 Å². The molecule has 5 heteroatoms. The number of amides is 2. The summed E-state index contributed by atoms with van der Waals surface area (Å²) in [6.45, 7) is 7.50. The van der Waals surface area contributed by atoms with Crippen molar-refractivity contribution in [1.29, 1.82) is 0 Å². The number of benzene rings is 1. The van der Waals surface area contributed by atoms with E-state index in [9.17, 15) is 9.59 Å². The second-order valence-corrected chi connectivity index (χ2v) is 9.93. The molecule has 2 fully saturated rings. The zero-order valence-electron chi connectivity index (χ0n) is 18.2. The Bertz CT molecular complexity index is 858. The van der Waals surface area contributed by atoms with E-state index in [4.69, 9.17) is 0 Å². The van der Waals surface area contributed by atoms with Crippen molar-refractivity contribution in [3.05, 3.63) is 47.5 Å². The van der Waals surface area contributed by atoms with Gasteiger partial charge in [0.2, 0.25) is 5.91 Å². The summed E-state index contributed by atoms with van der Waals surface area (Å²) in [6.07, 6.45) is 8.97. The molecule has 2 N–H and O–H groups in total. The van der Waals surface area contributed by atoms with E-state index in [2.05, 4.69) is 42.7 Å². The predicted octanol–water partition coefficient (Wildman–Crippen LogP) is 4.03. The van der Waals surface area contributed by atoms with Crippen molar-refractivity contribution in [3.8, 4) is 0 Å². The Balaban J connectivity index is 1.41. The van der Waals surface area contributed by atoms with Crippen LogP contribution in [0, 0.1) is 29.1 Å². The third kappa shape index (κ3) is 4.07. The van der Waals surface area contributed by atoms with Gasteiger partial charge in [0.1, 0.15) is 5.92 Å². The van der Waals surface area contributed by atoms with Gasteiger partial charge in [-0.1, -0.05) is 62.8 Å². The highest BCUT2D eigenvalue weighted by Gasteiger charge is 2.42. The number of carbonyl (C=O) groups is 2. The fourth-order valence-corrected chi connectivity index (χ4v) is 5.58. The van der Waals surface area contributed by atoms with Gasteiger partial charge in [-0.05, 0) is 54.4 Å². The summed E-state index contributed by atoms with van der Waals surface area (Å²) in [5, 5.41) is 7.14.